The first-order valence-electron chi connectivity index (χ1n) is 4.09. The Morgan fingerprint density at radius 2 is 1.77 bits per heavy atom. The van der Waals surface area contributed by atoms with E-state index in [2.05, 4.69) is 18.2 Å². The molecule has 0 N–H and O–H groups in total. The smallest absolute Gasteiger partial charge is 0.0836 e. The first-order valence-corrected chi connectivity index (χ1v) is 4.47. The molecule has 0 nitrogen and oxygen atoms in total. The predicted molar refractivity (Wildman–Crippen MR) is 56.8 cm³/mol. The maximum atomic E-state index is 5.84. The fourth-order valence-corrected chi connectivity index (χ4v) is 1.43. The molecule has 0 atom stereocenters. The number of hydrogen-bond donors (Lipinski definition) is 0. The van der Waals surface area contributed by atoms with Gasteiger partial charge in [0, 0.05) is 11.1 Å². The summed E-state index contributed by atoms with van der Waals surface area (Å²) in [6.07, 6.45) is 0. The summed E-state index contributed by atoms with van der Waals surface area (Å²) >= 11 is 5.84. The zero-order valence-electron chi connectivity index (χ0n) is 8.00. The molecule has 0 saturated heterocycles. The topological polar surface area (TPSA) is 0 Å². The van der Waals surface area contributed by atoms with Crippen LogP contribution >= 0.6 is 11.6 Å². The van der Waals surface area contributed by atoms with Gasteiger partial charge < -0.3 is 0 Å². The van der Waals surface area contributed by atoms with Gasteiger partial charge in [-0.1, -0.05) is 54.1 Å². The van der Waals surface area contributed by atoms with E-state index in [1.165, 1.54) is 5.56 Å². The maximum Gasteiger partial charge on any atom is 1.00 e. The van der Waals surface area contributed by atoms with Gasteiger partial charge in [-0.25, -0.2) is 0 Å². The van der Waals surface area contributed by atoms with Crippen LogP contribution in [0.2, 0.25) is 5.02 Å². The fraction of sp³-hybridized carbons (Fsp3) is 0. The highest BCUT2D eigenvalue weighted by atomic mass is 35.5. The van der Waals surface area contributed by atoms with Gasteiger partial charge in [0.2, 0.25) is 0 Å². The van der Waals surface area contributed by atoms with Gasteiger partial charge in [0.15, 0.2) is 0 Å². The van der Waals surface area contributed by atoms with E-state index in [1.54, 1.807) is 0 Å². The fourth-order valence-electron chi connectivity index (χ4n) is 1.25. The molecule has 1 radical (unpaired) electrons. The van der Waals surface area contributed by atoms with Crippen LogP contribution in [0, 0.1) is 6.07 Å². The van der Waals surface area contributed by atoms with Crippen molar-refractivity contribution in [2.75, 3.05) is 0 Å². The van der Waals surface area contributed by atoms with Gasteiger partial charge in [0.1, 0.15) is 0 Å². The van der Waals surface area contributed by atoms with Crippen molar-refractivity contribution in [1.29, 1.82) is 0 Å². The van der Waals surface area contributed by atoms with Crippen molar-refractivity contribution in [3.05, 3.63) is 59.6 Å². The highest BCUT2D eigenvalue weighted by Crippen LogP contribution is 2.21. The Morgan fingerprint density at radius 1 is 1.00 bits per heavy atom. The third-order valence-electron chi connectivity index (χ3n) is 1.87. The van der Waals surface area contributed by atoms with E-state index in [4.69, 9.17) is 11.6 Å². The Morgan fingerprint density at radius 3 is 2.46 bits per heavy atom. The summed E-state index contributed by atoms with van der Waals surface area (Å²) in [5.41, 5.74) is 2.31. The summed E-state index contributed by atoms with van der Waals surface area (Å²) < 4.78 is 0. The van der Waals surface area contributed by atoms with Crippen molar-refractivity contribution in [2.24, 2.45) is 0 Å². The highest BCUT2D eigenvalue weighted by molar-refractivity contribution is 6.30. The van der Waals surface area contributed by atoms with Gasteiger partial charge in [-0.3, -0.25) is 0 Å². The van der Waals surface area contributed by atoms with E-state index in [0.29, 0.717) is 5.02 Å². The zero-order valence-corrected chi connectivity index (χ0v) is 7.75. The van der Waals surface area contributed by atoms with E-state index in [1.807, 2.05) is 36.4 Å². The van der Waals surface area contributed by atoms with Crippen LogP contribution < -0.4 is 0 Å². The average molecular weight is 189 g/mol. The Hall–Kier alpha value is -1.27. The van der Waals surface area contributed by atoms with Gasteiger partial charge >= 0.3 is 1.43 Å². The minimum Gasteiger partial charge on any atom is -0.0836 e. The first-order chi connectivity index (χ1) is 6.36. The summed E-state index contributed by atoms with van der Waals surface area (Å²) in [5.74, 6) is 0. The van der Waals surface area contributed by atoms with Gasteiger partial charge in [-0.2, -0.15) is 0 Å². The lowest BCUT2D eigenvalue weighted by Gasteiger charge is -2.00. The lowest BCUT2D eigenvalue weighted by atomic mass is 10.1. The van der Waals surface area contributed by atoms with Gasteiger partial charge in [0.25, 0.3) is 0 Å². The molecule has 1 heteroatoms. The number of benzene rings is 2. The largest absolute Gasteiger partial charge is 1.00 e. The molecular formula is C12H9Cl+. The monoisotopic (exact) mass is 188 g/mol. The van der Waals surface area contributed by atoms with Crippen LogP contribution in [0.3, 0.4) is 0 Å². The normalized spacial score (nSPS) is 9.92. The summed E-state index contributed by atoms with van der Waals surface area (Å²) in [5, 5.41) is 0.654. The molecule has 2 aromatic carbocycles. The predicted octanol–water partition coefficient (Wildman–Crippen LogP) is 3.92. The van der Waals surface area contributed by atoms with E-state index < -0.39 is 0 Å². The highest BCUT2D eigenvalue weighted by Gasteiger charge is 1.95. The molecule has 0 spiro atoms. The molecule has 0 heterocycles. The molecule has 2 rings (SSSR count). The van der Waals surface area contributed by atoms with E-state index in [9.17, 15) is 0 Å². The van der Waals surface area contributed by atoms with Crippen LogP contribution in [0.15, 0.2) is 48.5 Å². The number of halogens is 1. The van der Waals surface area contributed by atoms with E-state index in [0.717, 1.165) is 5.56 Å². The lowest BCUT2D eigenvalue weighted by Crippen LogP contribution is -1.75. The minimum atomic E-state index is 0. The molecule has 2 aromatic rings. The van der Waals surface area contributed by atoms with Crippen LogP contribution in [0.5, 0.6) is 0 Å². The molecule has 0 fully saturated rings. The molecule has 0 aliphatic rings. The summed E-state index contributed by atoms with van der Waals surface area (Å²) in [4.78, 5) is 0. The van der Waals surface area contributed by atoms with Crippen LogP contribution in [-0.4, -0.2) is 0 Å². The van der Waals surface area contributed by atoms with Gasteiger partial charge in [0.05, 0.1) is 0 Å². The van der Waals surface area contributed by atoms with Gasteiger partial charge in [-0.05, 0) is 17.2 Å². The molecule has 0 aliphatic carbocycles. The lowest BCUT2D eigenvalue weighted by molar-refractivity contribution is 1.61. The molecule has 0 bridgehead atoms. The van der Waals surface area contributed by atoms with Crippen molar-refractivity contribution in [3.63, 3.8) is 0 Å². The van der Waals surface area contributed by atoms with Crippen molar-refractivity contribution in [3.8, 4) is 11.1 Å². The van der Waals surface area contributed by atoms with Crippen molar-refractivity contribution < 1.29 is 1.43 Å². The molecular weight excluding hydrogens is 180 g/mol. The molecule has 0 aliphatic heterocycles. The molecule has 63 valence electrons. The van der Waals surface area contributed by atoms with Crippen LogP contribution in [0.4, 0.5) is 0 Å². The Bertz CT molecular complexity index is 398. The van der Waals surface area contributed by atoms with Crippen molar-refractivity contribution in [2.45, 2.75) is 0 Å². The van der Waals surface area contributed by atoms with Crippen LogP contribution in [0.25, 0.3) is 11.1 Å². The summed E-state index contributed by atoms with van der Waals surface area (Å²) in [7, 11) is 0. The van der Waals surface area contributed by atoms with Crippen LogP contribution in [0.1, 0.15) is 1.43 Å². The standard InChI is InChI=1S/C12H8Cl/c13-12-8-4-7-11(9-12)10-5-2-1-3-6-10/h1-7,9H/p+1. The summed E-state index contributed by atoms with van der Waals surface area (Å²) in [6.45, 7) is 0. The van der Waals surface area contributed by atoms with E-state index >= 15 is 0 Å². The molecule has 0 unspecified atom stereocenters. The summed E-state index contributed by atoms with van der Waals surface area (Å²) in [6, 6.07) is 18.8. The second kappa shape index (κ2) is 3.63. The molecule has 0 aromatic heterocycles. The Labute approximate surface area is 84.3 Å². The second-order valence-corrected chi connectivity index (χ2v) is 3.20. The number of hydrogen-bond acceptors (Lipinski definition) is 0. The maximum absolute atomic E-state index is 5.84. The third kappa shape index (κ3) is 1.90. The first kappa shape index (κ1) is 8.33. The quantitative estimate of drug-likeness (QED) is 0.637. The zero-order chi connectivity index (χ0) is 9.10. The molecule has 0 saturated carbocycles. The van der Waals surface area contributed by atoms with Crippen LogP contribution in [-0.2, 0) is 0 Å². The van der Waals surface area contributed by atoms with Gasteiger partial charge in [-0.15, -0.1) is 0 Å². The minimum absolute atomic E-state index is 0. The average Bonchev–Trinajstić information content (AvgIpc) is 2.19. The Kier molecular flexibility index (Phi) is 2.33. The molecule has 0 amide bonds. The Balaban J connectivity index is 0.000000980. The number of rotatable bonds is 1. The SMILES string of the molecule is Clc1[c]ccc(-c2ccccc2)c1.[H+]. The third-order valence-corrected chi connectivity index (χ3v) is 2.09. The van der Waals surface area contributed by atoms with Crippen molar-refractivity contribution >= 4 is 11.6 Å². The molecule has 13 heavy (non-hydrogen) atoms. The van der Waals surface area contributed by atoms with E-state index in [-0.39, 0.29) is 1.43 Å². The second-order valence-electron chi connectivity index (χ2n) is 2.79. The van der Waals surface area contributed by atoms with Crippen molar-refractivity contribution in [1.82, 2.24) is 0 Å².